The molecule has 3 rings (SSSR count). The summed E-state index contributed by atoms with van der Waals surface area (Å²) in [5, 5.41) is 8.66. The number of carbonyl (C=O) groups is 2. The summed E-state index contributed by atoms with van der Waals surface area (Å²) in [6.45, 7) is 0.886. The normalized spacial score (nSPS) is 10.8. The van der Waals surface area contributed by atoms with Crippen LogP contribution in [0, 0.1) is 0 Å². The monoisotopic (exact) mass is 386 g/mol. The zero-order valence-electron chi connectivity index (χ0n) is 15.8. The van der Waals surface area contributed by atoms with E-state index < -0.39 is 0 Å². The van der Waals surface area contributed by atoms with E-state index in [1.807, 2.05) is 54.6 Å². The van der Waals surface area contributed by atoms with Crippen LogP contribution in [0.5, 0.6) is 0 Å². The maximum Gasteiger partial charge on any atom is 0.267 e. The predicted molar refractivity (Wildman–Crippen MR) is 114 cm³/mol. The third-order valence-electron chi connectivity index (χ3n) is 4.02. The van der Waals surface area contributed by atoms with E-state index in [0.29, 0.717) is 18.7 Å². The minimum Gasteiger partial charge on any atom is -0.368 e. The molecule has 2 aromatic carbocycles. The van der Waals surface area contributed by atoms with Crippen LogP contribution in [0.3, 0.4) is 0 Å². The number of anilines is 1. The van der Waals surface area contributed by atoms with Gasteiger partial charge in [-0.3, -0.25) is 9.59 Å². The average Bonchev–Trinajstić information content (AvgIpc) is 2.78. The van der Waals surface area contributed by atoms with Gasteiger partial charge in [-0.1, -0.05) is 54.6 Å². The van der Waals surface area contributed by atoms with E-state index in [4.69, 9.17) is 0 Å². The van der Waals surface area contributed by atoms with E-state index >= 15 is 0 Å². The zero-order chi connectivity index (χ0) is 20.3. The lowest BCUT2D eigenvalue weighted by Crippen LogP contribution is -2.36. The van der Waals surface area contributed by atoms with Gasteiger partial charge >= 0.3 is 0 Å². The van der Waals surface area contributed by atoms with E-state index in [-0.39, 0.29) is 17.5 Å². The van der Waals surface area contributed by atoms with Gasteiger partial charge in [0.1, 0.15) is 11.5 Å². The molecule has 0 saturated heterocycles. The molecule has 0 spiro atoms. The molecule has 1 heterocycles. The Morgan fingerprint density at radius 3 is 2.21 bits per heavy atom. The molecule has 1 aromatic heterocycles. The maximum atomic E-state index is 12.7. The molecule has 3 aromatic rings. The Morgan fingerprint density at radius 1 is 0.828 bits per heavy atom. The van der Waals surface area contributed by atoms with Crippen molar-refractivity contribution in [1.29, 1.82) is 0 Å². The van der Waals surface area contributed by atoms with Crippen molar-refractivity contribution in [2.45, 2.75) is 0 Å². The molecular weight excluding hydrogens is 364 g/mol. The van der Waals surface area contributed by atoms with Crippen LogP contribution in [0.25, 0.3) is 6.08 Å². The van der Waals surface area contributed by atoms with Gasteiger partial charge in [0.15, 0.2) is 0 Å². The van der Waals surface area contributed by atoms with Gasteiger partial charge in [-0.2, -0.15) is 0 Å². The Morgan fingerprint density at radius 2 is 1.52 bits per heavy atom. The van der Waals surface area contributed by atoms with Crippen LogP contribution < -0.4 is 16.0 Å². The van der Waals surface area contributed by atoms with Crippen molar-refractivity contribution in [2.24, 2.45) is 0 Å². The van der Waals surface area contributed by atoms with Crippen molar-refractivity contribution < 1.29 is 9.59 Å². The van der Waals surface area contributed by atoms with Gasteiger partial charge in [0.2, 0.25) is 0 Å². The Balaban J connectivity index is 1.64. The number of pyridine rings is 1. The van der Waals surface area contributed by atoms with Crippen molar-refractivity contribution in [1.82, 2.24) is 15.6 Å². The Bertz CT molecular complexity index is 958. The van der Waals surface area contributed by atoms with E-state index in [1.165, 1.54) is 0 Å². The Kier molecular flexibility index (Phi) is 7.12. The Hall–Kier alpha value is -3.93. The second-order valence-electron chi connectivity index (χ2n) is 6.19. The van der Waals surface area contributed by atoms with Crippen LogP contribution in [0.1, 0.15) is 15.9 Å². The molecule has 0 aliphatic heterocycles. The fraction of sp³-hybridized carbons (Fsp3) is 0.0870. The topological polar surface area (TPSA) is 83.1 Å². The van der Waals surface area contributed by atoms with Gasteiger partial charge in [-0.05, 0) is 35.9 Å². The molecule has 0 bridgehead atoms. The quantitative estimate of drug-likeness (QED) is 0.410. The predicted octanol–water partition coefficient (Wildman–Crippen LogP) is 3.08. The number of aromatic nitrogens is 1. The average molecular weight is 386 g/mol. The van der Waals surface area contributed by atoms with E-state index in [1.54, 1.807) is 36.5 Å². The Labute approximate surface area is 169 Å². The van der Waals surface area contributed by atoms with E-state index in [0.717, 1.165) is 11.4 Å². The lowest BCUT2D eigenvalue weighted by atomic mass is 10.1. The highest BCUT2D eigenvalue weighted by Gasteiger charge is 2.14. The number of rotatable bonds is 8. The van der Waals surface area contributed by atoms with Crippen molar-refractivity contribution in [3.8, 4) is 0 Å². The van der Waals surface area contributed by atoms with Crippen LogP contribution in [-0.2, 0) is 4.79 Å². The fourth-order valence-electron chi connectivity index (χ4n) is 2.59. The minimum absolute atomic E-state index is 0.183. The molecule has 2 amide bonds. The first-order valence-electron chi connectivity index (χ1n) is 9.28. The number of nitrogens with one attached hydrogen (secondary N) is 3. The van der Waals surface area contributed by atoms with Crippen molar-refractivity contribution >= 4 is 23.7 Å². The van der Waals surface area contributed by atoms with Crippen molar-refractivity contribution in [2.75, 3.05) is 18.4 Å². The molecule has 6 nitrogen and oxygen atoms in total. The number of carbonyl (C=O) groups excluding carboxylic acids is 2. The molecule has 0 unspecified atom stereocenters. The molecule has 0 saturated carbocycles. The van der Waals surface area contributed by atoms with Crippen molar-refractivity contribution in [3.63, 3.8) is 0 Å². The molecule has 0 atom stereocenters. The first kappa shape index (κ1) is 19.8. The molecule has 0 aliphatic carbocycles. The second kappa shape index (κ2) is 10.4. The number of hydrogen-bond donors (Lipinski definition) is 3. The van der Waals surface area contributed by atoms with Gasteiger partial charge in [-0.25, -0.2) is 4.98 Å². The maximum absolute atomic E-state index is 12.7. The molecule has 0 aliphatic rings. The first-order chi connectivity index (χ1) is 14.2. The van der Waals surface area contributed by atoms with Crippen LogP contribution in [-0.4, -0.2) is 29.9 Å². The van der Waals surface area contributed by atoms with Gasteiger partial charge in [0, 0.05) is 24.8 Å². The number of benzene rings is 2. The van der Waals surface area contributed by atoms with Crippen molar-refractivity contribution in [3.05, 3.63) is 102 Å². The highest BCUT2D eigenvalue weighted by molar-refractivity contribution is 6.05. The number of amides is 2. The minimum atomic E-state index is -0.360. The molecule has 3 N–H and O–H groups in total. The second-order valence-corrected chi connectivity index (χ2v) is 6.19. The molecule has 146 valence electrons. The first-order valence-corrected chi connectivity index (χ1v) is 9.28. The zero-order valence-corrected chi connectivity index (χ0v) is 15.8. The summed E-state index contributed by atoms with van der Waals surface area (Å²) in [5.41, 5.74) is 1.48. The summed E-state index contributed by atoms with van der Waals surface area (Å²) < 4.78 is 0. The SMILES string of the molecule is O=C(NCCNc1ccccn1)/C(=C\c1ccccc1)NC(=O)c1ccccc1. The molecule has 0 fully saturated rings. The standard InChI is InChI=1S/C23H22N4O2/c28-22(19-11-5-2-6-12-19)27-20(17-18-9-3-1-4-10-18)23(29)26-16-15-25-21-13-7-8-14-24-21/h1-14,17H,15-16H2,(H,24,25)(H,26,29)(H,27,28)/b20-17+. The van der Waals surface area contributed by atoms with E-state index in [9.17, 15) is 9.59 Å². The molecule has 6 heteroatoms. The van der Waals surface area contributed by atoms with Crippen LogP contribution in [0.15, 0.2) is 90.8 Å². The van der Waals surface area contributed by atoms with Gasteiger partial charge < -0.3 is 16.0 Å². The lowest BCUT2D eigenvalue weighted by Gasteiger charge is -2.12. The highest BCUT2D eigenvalue weighted by Crippen LogP contribution is 2.07. The third kappa shape index (κ3) is 6.32. The third-order valence-corrected chi connectivity index (χ3v) is 4.02. The fourth-order valence-corrected chi connectivity index (χ4v) is 2.59. The van der Waals surface area contributed by atoms with Gasteiger partial charge in [0.25, 0.3) is 11.8 Å². The summed E-state index contributed by atoms with van der Waals surface area (Å²) in [6, 6.07) is 23.7. The largest absolute Gasteiger partial charge is 0.368 e. The van der Waals surface area contributed by atoms with E-state index in [2.05, 4.69) is 20.9 Å². The van der Waals surface area contributed by atoms with Crippen LogP contribution in [0.2, 0.25) is 0 Å². The summed E-state index contributed by atoms with van der Waals surface area (Å²) in [5.74, 6) is 0.0367. The lowest BCUT2D eigenvalue weighted by molar-refractivity contribution is -0.117. The molecular formula is C23H22N4O2. The van der Waals surface area contributed by atoms with Gasteiger partial charge in [0.05, 0.1) is 0 Å². The highest BCUT2D eigenvalue weighted by atomic mass is 16.2. The van der Waals surface area contributed by atoms with Crippen LogP contribution in [0.4, 0.5) is 5.82 Å². The summed E-state index contributed by atoms with van der Waals surface area (Å²) in [4.78, 5) is 29.4. The molecule has 0 radical (unpaired) electrons. The number of hydrogen-bond acceptors (Lipinski definition) is 4. The number of nitrogens with zero attached hydrogens (tertiary/aromatic N) is 1. The molecule has 29 heavy (non-hydrogen) atoms. The summed E-state index contributed by atoms with van der Waals surface area (Å²) >= 11 is 0. The smallest absolute Gasteiger partial charge is 0.267 e. The van der Waals surface area contributed by atoms with Gasteiger partial charge in [-0.15, -0.1) is 0 Å². The summed E-state index contributed by atoms with van der Waals surface area (Å²) in [6.07, 6.45) is 3.35. The summed E-state index contributed by atoms with van der Waals surface area (Å²) in [7, 11) is 0. The van der Waals surface area contributed by atoms with Crippen LogP contribution >= 0.6 is 0 Å².